The molecule has 164 valence electrons. The van der Waals surface area contributed by atoms with E-state index in [0.717, 1.165) is 25.9 Å². The fourth-order valence-corrected chi connectivity index (χ4v) is 4.66. The van der Waals surface area contributed by atoms with Crippen LogP contribution in [-0.4, -0.2) is 23.3 Å². The van der Waals surface area contributed by atoms with E-state index >= 15 is 0 Å². The predicted molar refractivity (Wildman–Crippen MR) is 125 cm³/mol. The summed E-state index contributed by atoms with van der Waals surface area (Å²) in [6, 6.07) is 10.8. The molecule has 1 aromatic carbocycles. The van der Waals surface area contributed by atoms with Crippen LogP contribution in [-0.2, 0) is 11.3 Å². The fourth-order valence-electron chi connectivity index (χ4n) is 4.66. The molecule has 0 aromatic heterocycles. The average Bonchev–Trinajstić information content (AvgIpc) is 3.08. The second kappa shape index (κ2) is 15.7. The van der Waals surface area contributed by atoms with Gasteiger partial charge in [-0.1, -0.05) is 127 Å². The third-order valence-corrected chi connectivity index (χ3v) is 6.52. The molecule has 0 spiro atoms. The van der Waals surface area contributed by atoms with Gasteiger partial charge in [0.1, 0.15) is 0 Å². The zero-order chi connectivity index (χ0) is 20.6. The van der Waals surface area contributed by atoms with Gasteiger partial charge in [0, 0.05) is 19.5 Å². The van der Waals surface area contributed by atoms with Crippen LogP contribution in [0.2, 0.25) is 0 Å². The van der Waals surface area contributed by atoms with Crippen molar-refractivity contribution >= 4 is 5.78 Å². The number of benzene rings is 1. The summed E-state index contributed by atoms with van der Waals surface area (Å²) in [7, 11) is 0. The molecule has 1 saturated heterocycles. The van der Waals surface area contributed by atoms with Gasteiger partial charge in [0.05, 0.1) is 6.04 Å². The lowest BCUT2D eigenvalue weighted by molar-refractivity contribution is -0.120. The minimum absolute atomic E-state index is 0.174. The molecule has 2 heteroatoms. The molecule has 1 fully saturated rings. The van der Waals surface area contributed by atoms with Crippen molar-refractivity contribution in [1.82, 2.24) is 4.90 Å². The lowest BCUT2D eigenvalue weighted by Gasteiger charge is -2.23. The monoisotopic (exact) mass is 399 g/mol. The van der Waals surface area contributed by atoms with Crippen molar-refractivity contribution in [3.8, 4) is 0 Å². The molecule has 0 aliphatic carbocycles. The zero-order valence-corrected chi connectivity index (χ0v) is 19.0. The van der Waals surface area contributed by atoms with Crippen molar-refractivity contribution in [2.24, 2.45) is 0 Å². The molecule has 0 N–H and O–H groups in total. The van der Waals surface area contributed by atoms with E-state index in [1.165, 1.54) is 95.5 Å². The first-order valence-electron chi connectivity index (χ1n) is 12.6. The van der Waals surface area contributed by atoms with Crippen LogP contribution in [0.1, 0.15) is 115 Å². The molecule has 1 unspecified atom stereocenters. The number of rotatable bonds is 17. The molecular weight excluding hydrogens is 354 g/mol. The van der Waals surface area contributed by atoms with Crippen molar-refractivity contribution in [2.75, 3.05) is 6.54 Å². The van der Waals surface area contributed by atoms with E-state index in [2.05, 4.69) is 42.2 Å². The Kier molecular flexibility index (Phi) is 13.0. The third-order valence-electron chi connectivity index (χ3n) is 6.52. The van der Waals surface area contributed by atoms with E-state index in [4.69, 9.17) is 0 Å². The zero-order valence-electron chi connectivity index (χ0n) is 19.0. The SMILES string of the molecule is CCCCCCCCCCCCCCCCC1C(=O)CCN1Cc1ccccc1. The summed E-state index contributed by atoms with van der Waals surface area (Å²) in [5.41, 5.74) is 1.33. The van der Waals surface area contributed by atoms with Crippen LogP contribution >= 0.6 is 0 Å². The van der Waals surface area contributed by atoms with Crippen LogP contribution in [0.25, 0.3) is 0 Å². The highest BCUT2D eigenvalue weighted by molar-refractivity contribution is 5.86. The van der Waals surface area contributed by atoms with Crippen molar-refractivity contribution in [2.45, 2.75) is 122 Å². The Morgan fingerprint density at radius 2 is 1.28 bits per heavy atom. The number of nitrogens with zero attached hydrogens (tertiary/aromatic N) is 1. The van der Waals surface area contributed by atoms with Crippen LogP contribution in [0.3, 0.4) is 0 Å². The first-order valence-corrected chi connectivity index (χ1v) is 12.6. The van der Waals surface area contributed by atoms with Crippen LogP contribution in [0, 0.1) is 0 Å². The maximum atomic E-state index is 12.3. The third kappa shape index (κ3) is 10.4. The minimum Gasteiger partial charge on any atom is -0.298 e. The van der Waals surface area contributed by atoms with Crippen LogP contribution in [0.15, 0.2) is 30.3 Å². The number of likely N-dealkylation sites (tertiary alicyclic amines) is 1. The van der Waals surface area contributed by atoms with E-state index in [0.29, 0.717) is 5.78 Å². The van der Waals surface area contributed by atoms with Gasteiger partial charge in [-0.15, -0.1) is 0 Å². The Labute approximate surface area is 180 Å². The molecule has 1 aliphatic heterocycles. The van der Waals surface area contributed by atoms with Crippen molar-refractivity contribution in [3.05, 3.63) is 35.9 Å². The van der Waals surface area contributed by atoms with Crippen LogP contribution < -0.4 is 0 Å². The number of ketones is 1. The number of Topliss-reactive ketones (excluding diaryl/α,β-unsaturated/α-hetero) is 1. The van der Waals surface area contributed by atoms with Crippen LogP contribution in [0.5, 0.6) is 0 Å². The summed E-state index contributed by atoms with van der Waals surface area (Å²) in [5.74, 6) is 0.468. The summed E-state index contributed by atoms with van der Waals surface area (Å²) in [6.07, 6.45) is 21.3. The second-order valence-corrected chi connectivity index (χ2v) is 9.07. The molecule has 29 heavy (non-hydrogen) atoms. The van der Waals surface area contributed by atoms with Gasteiger partial charge in [-0.25, -0.2) is 0 Å². The van der Waals surface area contributed by atoms with Gasteiger partial charge >= 0.3 is 0 Å². The average molecular weight is 400 g/mol. The second-order valence-electron chi connectivity index (χ2n) is 9.07. The maximum absolute atomic E-state index is 12.3. The van der Waals surface area contributed by atoms with E-state index < -0.39 is 0 Å². The van der Waals surface area contributed by atoms with Gasteiger partial charge in [-0.2, -0.15) is 0 Å². The van der Waals surface area contributed by atoms with Crippen LogP contribution in [0.4, 0.5) is 0 Å². The number of unbranched alkanes of at least 4 members (excludes halogenated alkanes) is 13. The molecule has 1 heterocycles. The molecule has 0 amide bonds. The highest BCUT2D eigenvalue weighted by Crippen LogP contribution is 2.22. The summed E-state index contributed by atoms with van der Waals surface area (Å²) in [4.78, 5) is 14.7. The number of hydrogen-bond acceptors (Lipinski definition) is 2. The molecular formula is C27H45NO. The van der Waals surface area contributed by atoms with Crippen molar-refractivity contribution in [3.63, 3.8) is 0 Å². The van der Waals surface area contributed by atoms with Gasteiger partial charge in [0.15, 0.2) is 5.78 Å². The van der Waals surface area contributed by atoms with Gasteiger partial charge in [-0.05, 0) is 12.0 Å². The lowest BCUT2D eigenvalue weighted by Crippen LogP contribution is -2.32. The van der Waals surface area contributed by atoms with E-state index in [-0.39, 0.29) is 6.04 Å². The van der Waals surface area contributed by atoms with Crippen molar-refractivity contribution in [1.29, 1.82) is 0 Å². The standard InChI is InChI=1S/C27H45NO/c1-2-3-4-5-6-7-8-9-10-11-12-13-14-18-21-26-27(29)22-23-28(26)24-25-19-16-15-17-20-25/h15-17,19-20,26H,2-14,18,21-24H2,1H3. The molecule has 2 nitrogen and oxygen atoms in total. The lowest BCUT2D eigenvalue weighted by atomic mass is 10.0. The Bertz CT molecular complexity index is 527. The molecule has 1 aromatic rings. The molecule has 0 saturated carbocycles. The Morgan fingerprint density at radius 1 is 0.759 bits per heavy atom. The summed E-state index contributed by atoms with van der Waals surface area (Å²) >= 11 is 0. The Hall–Kier alpha value is -1.15. The molecule has 0 radical (unpaired) electrons. The number of carbonyl (C=O) groups is 1. The molecule has 1 atom stereocenters. The van der Waals surface area contributed by atoms with Gasteiger partial charge in [-0.3, -0.25) is 9.69 Å². The highest BCUT2D eigenvalue weighted by Gasteiger charge is 2.31. The van der Waals surface area contributed by atoms with E-state index in [1.807, 2.05) is 0 Å². The largest absolute Gasteiger partial charge is 0.298 e. The molecule has 0 bridgehead atoms. The summed E-state index contributed by atoms with van der Waals surface area (Å²) in [5, 5.41) is 0. The Morgan fingerprint density at radius 3 is 1.83 bits per heavy atom. The minimum atomic E-state index is 0.174. The van der Waals surface area contributed by atoms with Gasteiger partial charge in [0.2, 0.25) is 0 Å². The fraction of sp³-hybridized carbons (Fsp3) is 0.741. The van der Waals surface area contributed by atoms with Gasteiger partial charge in [0.25, 0.3) is 0 Å². The summed E-state index contributed by atoms with van der Waals surface area (Å²) in [6.45, 7) is 4.15. The quantitative estimate of drug-likeness (QED) is 0.250. The number of carbonyl (C=O) groups excluding carboxylic acids is 1. The molecule has 1 aliphatic rings. The van der Waals surface area contributed by atoms with E-state index in [9.17, 15) is 4.79 Å². The highest BCUT2D eigenvalue weighted by atomic mass is 16.1. The van der Waals surface area contributed by atoms with Gasteiger partial charge < -0.3 is 0 Å². The topological polar surface area (TPSA) is 20.3 Å². The Balaban J connectivity index is 1.44. The van der Waals surface area contributed by atoms with E-state index in [1.54, 1.807) is 0 Å². The first kappa shape index (κ1) is 24.1. The normalized spacial score (nSPS) is 17.3. The first-order chi connectivity index (χ1) is 14.3. The predicted octanol–water partition coefficient (Wildman–Crippen LogP) is 7.70. The maximum Gasteiger partial charge on any atom is 0.151 e. The smallest absolute Gasteiger partial charge is 0.151 e. The molecule has 2 rings (SSSR count). The van der Waals surface area contributed by atoms with Crippen molar-refractivity contribution < 1.29 is 4.79 Å². The number of hydrogen-bond donors (Lipinski definition) is 0. The summed E-state index contributed by atoms with van der Waals surface area (Å²) < 4.78 is 0.